The fourth-order valence-electron chi connectivity index (χ4n) is 1.17. The lowest BCUT2D eigenvalue weighted by Crippen LogP contribution is -2.27. The number of para-hydroxylation sites is 1. The lowest BCUT2D eigenvalue weighted by atomic mass is 10.3. The van der Waals surface area contributed by atoms with Crippen molar-refractivity contribution in [2.24, 2.45) is 0 Å². The maximum absolute atomic E-state index is 11.3. The molecule has 0 aliphatic carbocycles. The number of hydrogen-bond donors (Lipinski definition) is 0. The van der Waals surface area contributed by atoms with Crippen molar-refractivity contribution >= 4 is 27.5 Å². The van der Waals surface area contributed by atoms with Crippen molar-refractivity contribution < 1.29 is 9.53 Å². The van der Waals surface area contributed by atoms with E-state index < -0.39 is 0 Å². The van der Waals surface area contributed by atoms with Gasteiger partial charge >= 0.3 is 0 Å². The fourth-order valence-corrected chi connectivity index (χ4v) is 1.98. The summed E-state index contributed by atoms with van der Waals surface area (Å²) in [4.78, 5) is 17.1. The first-order valence-electron chi connectivity index (χ1n) is 4.85. The second-order valence-corrected chi connectivity index (χ2v) is 4.52. The van der Waals surface area contributed by atoms with E-state index in [1.807, 2.05) is 24.3 Å². The highest BCUT2D eigenvalue weighted by atomic mass is 32.1. The van der Waals surface area contributed by atoms with E-state index in [4.69, 9.17) is 4.74 Å². The standard InChI is InChI=1S/C11H12N2O2S/c1-13(2)10(14)7-15-11-12-8-5-3-4-6-9(8)16-11/h3-6H,7H2,1-2H3. The summed E-state index contributed by atoms with van der Waals surface area (Å²) in [7, 11) is 3.40. The normalized spacial score (nSPS) is 10.4. The van der Waals surface area contributed by atoms with Gasteiger partial charge in [0, 0.05) is 14.1 Å². The highest BCUT2D eigenvalue weighted by Gasteiger charge is 2.08. The zero-order valence-electron chi connectivity index (χ0n) is 9.14. The zero-order valence-corrected chi connectivity index (χ0v) is 9.95. The van der Waals surface area contributed by atoms with Gasteiger partial charge in [-0.15, -0.1) is 0 Å². The molecule has 2 rings (SSSR count). The molecule has 1 heterocycles. The van der Waals surface area contributed by atoms with E-state index in [-0.39, 0.29) is 12.5 Å². The topological polar surface area (TPSA) is 42.4 Å². The van der Waals surface area contributed by atoms with Gasteiger partial charge in [0.25, 0.3) is 11.1 Å². The lowest BCUT2D eigenvalue weighted by Gasteiger charge is -2.09. The Morgan fingerprint density at radius 2 is 2.19 bits per heavy atom. The second kappa shape index (κ2) is 4.49. The maximum Gasteiger partial charge on any atom is 0.274 e. The fraction of sp³-hybridized carbons (Fsp3) is 0.273. The molecular formula is C11H12N2O2S. The lowest BCUT2D eigenvalue weighted by molar-refractivity contribution is -0.130. The van der Waals surface area contributed by atoms with Crippen LogP contribution in [0.1, 0.15) is 0 Å². The molecular weight excluding hydrogens is 224 g/mol. The summed E-state index contributed by atoms with van der Waals surface area (Å²) in [5.74, 6) is -0.0701. The van der Waals surface area contributed by atoms with Gasteiger partial charge < -0.3 is 9.64 Å². The molecule has 0 aliphatic heterocycles. The van der Waals surface area contributed by atoms with Crippen molar-refractivity contribution in [1.29, 1.82) is 0 Å². The Kier molecular flexibility index (Phi) is 3.05. The molecule has 4 nitrogen and oxygen atoms in total. The van der Waals surface area contributed by atoms with Crippen molar-refractivity contribution in [3.05, 3.63) is 24.3 Å². The Balaban J connectivity index is 2.07. The monoisotopic (exact) mass is 236 g/mol. The van der Waals surface area contributed by atoms with E-state index in [2.05, 4.69) is 4.98 Å². The number of carbonyl (C=O) groups excluding carboxylic acids is 1. The summed E-state index contributed by atoms with van der Waals surface area (Å²) >= 11 is 1.45. The van der Waals surface area contributed by atoms with E-state index in [0.29, 0.717) is 5.19 Å². The van der Waals surface area contributed by atoms with Crippen molar-refractivity contribution in [2.75, 3.05) is 20.7 Å². The van der Waals surface area contributed by atoms with Crippen LogP contribution in [0, 0.1) is 0 Å². The Bertz CT molecular complexity index is 474. The van der Waals surface area contributed by atoms with Crippen LogP contribution in [0.15, 0.2) is 24.3 Å². The van der Waals surface area contributed by atoms with Gasteiger partial charge in [0.05, 0.1) is 10.2 Å². The van der Waals surface area contributed by atoms with Gasteiger partial charge in [0.1, 0.15) is 0 Å². The average molecular weight is 236 g/mol. The van der Waals surface area contributed by atoms with Gasteiger partial charge in [-0.3, -0.25) is 4.79 Å². The predicted molar refractivity (Wildman–Crippen MR) is 63.8 cm³/mol. The summed E-state index contributed by atoms with van der Waals surface area (Å²) in [5, 5.41) is 0.538. The SMILES string of the molecule is CN(C)C(=O)COc1nc2ccccc2s1. The van der Waals surface area contributed by atoms with Gasteiger partial charge in [-0.1, -0.05) is 23.5 Å². The third kappa shape index (κ3) is 2.30. The van der Waals surface area contributed by atoms with Crippen LogP contribution in [-0.4, -0.2) is 36.5 Å². The highest BCUT2D eigenvalue weighted by Crippen LogP contribution is 2.27. The Labute approximate surface area is 97.5 Å². The predicted octanol–water partition coefficient (Wildman–Crippen LogP) is 1.76. The minimum absolute atomic E-state index is 0.0345. The van der Waals surface area contributed by atoms with E-state index in [1.54, 1.807) is 14.1 Å². The molecule has 0 unspecified atom stereocenters. The van der Waals surface area contributed by atoms with Crippen molar-refractivity contribution in [1.82, 2.24) is 9.88 Å². The maximum atomic E-state index is 11.3. The molecule has 0 N–H and O–H groups in total. The van der Waals surface area contributed by atoms with E-state index in [0.717, 1.165) is 10.2 Å². The van der Waals surface area contributed by atoms with Gasteiger partial charge in [-0.05, 0) is 12.1 Å². The van der Waals surface area contributed by atoms with Gasteiger partial charge in [0.2, 0.25) is 0 Å². The molecule has 5 heteroatoms. The first-order chi connectivity index (χ1) is 7.66. The van der Waals surface area contributed by atoms with Crippen LogP contribution in [0.3, 0.4) is 0 Å². The van der Waals surface area contributed by atoms with Gasteiger partial charge in [-0.25, -0.2) is 4.98 Å². The number of thiazole rings is 1. The number of ether oxygens (including phenoxy) is 1. The van der Waals surface area contributed by atoms with E-state index in [9.17, 15) is 4.79 Å². The molecule has 1 amide bonds. The van der Waals surface area contributed by atoms with E-state index in [1.165, 1.54) is 16.2 Å². The van der Waals surface area contributed by atoms with Crippen molar-refractivity contribution in [3.63, 3.8) is 0 Å². The molecule has 0 bridgehead atoms. The van der Waals surface area contributed by atoms with Crippen LogP contribution in [-0.2, 0) is 4.79 Å². The number of carbonyl (C=O) groups is 1. The molecule has 0 atom stereocenters. The van der Waals surface area contributed by atoms with Gasteiger partial charge in [0.15, 0.2) is 6.61 Å². The molecule has 0 radical (unpaired) electrons. The Hall–Kier alpha value is -1.62. The molecule has 0 saturated heterocycles. The van der Waals surface area contributed by atoms with Crippen LogP contribution in [0.5, 0.6) is 5.19 Å². The Morgan fingerprint density at radius 1 is 1.44 bits per heavy atom. The number of hydrogen-bond acceptors (Lipinski definition) is 4. The van der Waals surface area contributed by atoms with Crippen molar-refractivity contribution in [3.8, 4) is 5.19 Å². The first-order valence-corrected chi connectivity index (χ1v) is 5.67. The van der Waals surface area contributed by atoms with Crippen LogP contribution in [0.25, 0.3) is 10.2 Å². The summed E-state index contributed by atoms with van der Waals surface area (Å²) in [6.07, 6.45) is 0. The second-order valence-electron chi connectivity index (χ2n) is 3.52. The molecule has 16 heavy (non-hydrogen) atoms. The molecule has 0 aliphatic rings. The van der Waals surface area contributed by atoms with Crippen molar-refractivity contribution in [2.45, 2.75) is 0 Å². The van der Waals surface area contributed by atoms with Crippen LogP contribution >= 0.6 is 11.3 Å². The first kappa shape index (κ1) is 10.9. The Morgan fingerprint density at radius 3 is 2.88 bits per heavy atom. The third-order valence-corrected chi connectivity index (χ3v) is 3.04. The minimum Gasteiger partial charge on any atom is -0.460 e. The minimum atomic E-state index is -0.0701. The largest absolute Gasteiger partial charge is 0.460 e. The number of fused-ring (bicyclic) bond motifs is 1. The summed E-state index contributed by atoms with van der Waals surface area (Å²) in [5.41, 5.74) is 0.903. The highest BCUT2D eigenvalue weighted by molar-refractivity contribution is 7.20. The smallest absolute Gasteiger partial charge is 0.274 e. The van der Waals surface area contributed by atoms with E-state index >= 15 is 0 Å². The van der Waals surface area contributed by atoms with Crippen LogP contribution in [0.4, 0.5) is 0 Å². The summed E-state index contributed by atoms with van der Waals surface area (Å²) in [6, 6.07) is 7.78. The summed E-state index contributed by atoms with van der Waals surface area (Å²) < 4.78 is 6.39. The number of likely N-dealkylation sites (N-methyl/N-ethyl adjacent to an activating group) is 1. The number of aromatic nitrogens is 1. The zero-order chi connectivity index (χ0) is 11.5. The molecule has 0 fully saturated rings. The molecule has 0 saturated carbocycles. The summed E-state index contributed by atoms with van der Waals surface area (Å²) in [6.45, 7) is 0.0345. The number of nitrogens with zero attached hydrogens (tertiary/aromatic N) is 2. The molecule has 0 spiro atoms. The average Bonchev–Trinajstić information content (AvgIpc) is 2.68. The molecule has 84 valence electrons. The van der Waals surface area contributed by atoms with Gasteiger partial charge in [-0.2, -0.15) is 0 Å². The number of rotatable bonds is 3. The van der Waals surface area contributed by atoms with Crippen LogP contribution < -0.4 is 4.74 Å². The number of benzene rings is 1. The molecule has 1 aromatic heterocycles. The molecule has 2 aromatic rings. The quantitative estimate of drug-likeness (QED) is 0.815. The molecule has 1 aromatic carbocycles. The third-order valence-electron chi connectivity index (χ3n) is 2.09. The number of amides is 1. The van der Waals surface area contributed by atoms with Crippen LogP contribution in [0.2, 0.25) is 0 Å².